The normalized spacial score (nSPS) is 24.3. The van der Waals surface area contributed by atoms with Gasteiger partial charge < -0.3 is 9.47 Å². The van der Waals surface area contributed by atoms with Gasteiger partial charge in [-0.2, -0.15) is 75.8 Å². The molecule has 1 heterocycles. The van der Waals surface area contributed by atoms with Gasteiger partial charge in [0.2, 0.25) is 0 Å². The molecule has 0 aromatic carbocycles. The van der Waals surface area contributed by atoms with Gasteiger partial charge in [-0.05, 0) is 0 Å². The summed E-state index contributed by atoms with van der Waals surface area (Å²) in [4.78, 5) is 0. The molecule has 0 aliphatic carbocycles. The van der Waals surface area contributed by atoms with Gasteiger partial charge in [-0.3, -0.25) is 41.0 Å². The largest absolute Gasteiger partial charge is 0.397 e. The Kier molecular flexibility index (Phi) is 19.0. The highest BCUT2D eigenvalue weighted by Gasteiger charge is 2.57. The van der Waals surface area contributed by atoms with E-state index in [-0.39, 0.29) is 0 Å². The Labute approximate surface area is 331 Å². The fraction of sp³-hybridized carbons (Fsp3) is 1.00. The highest BCUT2D eigenvalue weighted by Crippen LogP contribution is 2.35. The van der Waals surface area contributed by atoms with Gasteiger partial charge in [0.05, 0.1) is 19.8 Å². The molecule has 1 rings (SSSR count). The van der Waals surface area contributed by atoms with Crippen LogP contribution in [0.4, 0.5) is 0 Å². The van der Waals surface area contributed by atoms with Crippen molar-refractivity contribution >= 4 is 93.6 Å². The third-order valence-corrected chi connectivity index (χ3v) is 9.65. The average Bonchev–Trinajstić information content (AvgIpc) is 2.92. The Morgan fingerprint density at radius 3 is 1.07 bits per heavy atom. The monoisotopic (exact) mass is 1060 g/mol. The minimum atomic E-state index is -6.48. The van der Waals surface area contributed by atoms with Crippen LogP contribution in [0.25, 0.3) is 0 Å². The van der Waals surface area contributed by atoms with Gasteiger partial charge in [0.15, 0.2) is 12.4 Å². The first-order chi connectivity index (χ1) is 25.8. The maximum Gasteiger partial charge on any atom is 0.397 e. The lowest BCUT2D eigenvalue weighted by molar-refractivity contribution is -0.313. The molecule has 0 saturated carbocycles. The molecular weight excluding hydrogens is 1040 g/mol. The van der Waals surface area contributed by atoms with E-state index in [2.05, 4.69) is 37.6 Å². The van der Waals surface area contributed by atoms with Crippen molar-refractivity contribution in [2.24, 2.45) is 0 Å². The zero-order chi connectivity index (χ0) is 46.6. The number of hydrogen-bond acceptors (Lipinski definition) is 29. The molecule has 0 bridgehead atoms. The van der Waals surface area contributed by atoms with Crippen LogP contribution in [0.15, 0.2) is 0 Å². The van der Waals surface area contributed by atoms with E-state index in [1.807, 2.05) is 0 Å². The quantitative estimate of drug-likeness (QED) is 0.0363. The van der Waals surface area contributed by atoms with Crippen LogP contribution in [-0.4, -0.2) is 192 Å². The maximum atomic E-state index is 12.0. The SMILES string of the molecule is O=S(=O)(O)OC[C@H](OS(=O)(=O)O)[C@@H](OS(=O)(=O)O)[C@H](O[C@@H]1O[C@H](COS(=O)(=O)O)[C@H](OS(=O)(=O)O)[C@H](OS(=O)(=O)O)[C@H]1OS(=O)(=O)O)[C@@H](COS(=O)(=O)O)OS(=O)(=O)O. The van der Waals surface area contributed by atoms with Crippen molar-refractivity contribution in [3.8, 4) is 0 Å². The molecule has 38 nitrogen and oxygen atoms in total. The van der Waals surface area contributed by atoms with E-state index in [0.717, 1.165) is 0 Å². The number of rotatable bonds is 26. The summed E-state index contributed by atoms with van der Waals surface area (Å²) in [6.45, 7) is -6.81. The topological polar surface area (TPSA) is 591 Å². The molecule has 0 radical (unpaired) electrons. The van der Waals surface area contributed by atoms with Crippen LogP contribution >= 0.6 is 0 Å². The van der Waals surface area contributed by atoms with Crippen LogP contribution < -0.4 is 0 Å². The van der Waals surface area contributed by atoms with Crippen LogP contribution in [0.1, 0.15) is 0 Å². The predicted molar refractivity (Wildman–Crippen MR) is 165 cm³/mol. The van der Waals surface area contributed by atoms with Crippen molar-refractivity contribution in [3.05, 3.63) is 0 Å². The minimum absolute atomic E-state index is 2.08. The summed E-state index contributed by atoms with van der Waals surface area (Å²) in [7, 11) is -55.8. The van der Waals surface area contributed by atoms with Crippen molar-refractivity contribution in [1.29, 1.82) is 0 Å². The second kappa shape index (κ2) is 20.1. The van der Waals surface area contributed by atoms with Gasteiger partial charge in [0, 0.05) is 0 Å². The van der Waals surface area contributed by atoms with E-state index >= 15 is 0 Å². The maximum absolute atomic E-state index is 12.0. The van der Waals surface area contributed by atoms with Crippen LogP contribution in [0.5, 0.6) is 0 Å². The molecule has 9 atom stereocenters. The summed E-state index contributed by atoms with van der Waals surface area (Å²) in [6.07, 6.45) is -32.0. The Balaban J connectivity index is 4.57. The van der Waals surface area contributed by atoms with E-state index in [1.54, 1.807) is 0 Å². The summed E-state index contributed by atoms with van der Waals surface area (Å²) < 4.78 is 338. The third-order valence-electron chi connectivity index (χ3n) is 5.50. The van der Waals surface area contributed by atoms with E-state index in [1.165, 1.54) is 0 Å². The lowest BCUT2D eigenvalue weighted by Crippen LogP contribution is -2.65. The minimum Gasteiger partial charge on any atom is -0.341 e. The first-order valence-electron chi connectivity index (χ1n) is 12.9. The average molecular weight is 1060 g/mol. The molecule has 0 unspecified atom stereocenters. The second-order valence-electron chi connectivity index (χ2n) is 9.86. The van der Waals surface area contributed by atoms with Crippen molar-refractivity contribution < 1.29 is 164 Å². The van der Waals surface area contributed by atoms with E-state index in [0.29, 0.717) is 0 Å². The molecular formula is C12H24O38S9. The lowest BCUT2D eigenvalue weighted by atomic mass is 9.98. The summed E-state index contributed by atoms with van der Waals surface area (Å²) >= 11 is 0. The molecule has 0 aromatic heterocycles. The first-order valence-corrected chi connectivity index (χ1v) is 25.2. The fourth-order valence-corrected chi connectivity index (χ4v) is 7.88. The van der Waals surface area contributed by atoms with Gasteiger partial charge in [0.1, 0.15) is 42.7 Å². The molecule has 0 amide bonds. The molecule has 0 spiro atoms. The van der Waals surface area contributed by atoms with E-state index in [4.69, 9.17) is 23.1 Å². The third kappa shape index (κ3) is 24.8. The highest BCUT2D eigenvalue weighted by atomic mass is 32.3. The first kappa shape index (κ1) is 55.8. The number of hydrogen-bond donors (Lipinski definition) is 9. The van der Waals surface area contributed by atoms with E-state index < -0.39 is 169 Å². The predicted octanol–water partition coefficient (Wildman–Crippen LogP) is -7.32. The van der Waals surface area contributed by atoms with Crippen LogP contribution in [0.3, 0.4) is 0 Å². The highest BCUT2D eigenvalue weighted by molar-refractivity contribution is 7.82. The molecule has 1 saturated heterocycles. The van der Waals surface area contributed by atoms with E-state index in [9.17, 15) is 103 Å². The Bertz CT molecular complexity index is 2470. The summed E-state index contributed by atoms with van der Waals surface area (Å²) in [6, 6.07) is 0. The Morgan fingerprint density at radius 1 is 0.390 bits per heavy atom. The molecule has 0 aromatic rings. The van der Waals surface area contributed by atoms with Crippen molar-refractivity contribution in [2.75, 3.05) is 19.8 Å². The fourth-order valence-electron chi connectivity index (χ4n) is 4.00. The number of ether oxygens (including phenoxy) is 2. The van der Waals surface area contributed by atoms with Gasteiger partial charge in [0.25, 0.3) is 0 Å². The van der Waals surface area contributed by atoms with Crippen molar-refractivity contribution in [3.63, 3.8) is 0 Å². The van der Waals surface area contributed by atoms with Gasteiger partial charge in [-0.25, -0.2) is 37.6 Å². The zero-order valence-electron chi connectivity index (χ0n) is 26.9. The van der Waals surface area contributed by atoms with Gasteiger partial charge in [-0.15, -0.1) is 0 Å². The molecule has 9 N–H and O–H groups in total. The summed E-state index contributed by atoms with van der Waals surface area (Å²) in [5.74, 6) is 0. The zero-order valence-corrected chi connectivity index (χ0v) is 34.2. The van der Waals surface area contributed by atoms with Crippen LogP contribution in [-0.2, 0) is 141 Å². The summed E-state index contributed by atoms with van der Waals surface area (Å²) in [5, 5.41) is 0. The molecule has 1 aliphatic heterocycles. The second-order valence-corrected chi connectivity index (χ2v) is 19.4. The van der Waals surface area contributed by atoms with Crippen LogP contribution in [0.2, 0.25) is 0 Å². The van der Waals surface area contributed by atoms with Gasteiger partial charge >= 0.3 is 93.6 Å². The molecule has 59 heavy (non-hydrogen) atoms. The molecule has 354 valence electrons. The smallest absolute Gasteiger partial charge is 0.341 e. The van der Waals surface area contributed by atoms with Gasteiger partial charge in [-0.1, -0.05) is 0 Å². The van der Waals surface area contributed by atoms with Crippen LogP contribution in [0, 0.1) is 0 Å². The molecule has 1 aliphatic rings. The molecule has 47 heteroatoms. The Hall–Kier alpha value is -1.25. The van der Waals surface area contributed by atoms with Crippen molar-refractivity contribution in [1.82, 2.24) is 0 Å². The lowest BCUT2D eigenvalue weighted by Gasteiger charge is -2.45. The Morgan fingerprint density at radius 2 is 0.729 bits per heavy atom. The standard InChI is InChI=1S/C12H24O38S9/c13-51(14,15)40-1-4-8(47-56(28,29)30)10(49-58(34,35)36)11(50-59(37,38)39)12(43-4)44-7(5(45-54(22,23)24)2-41-52(16,17)18)9(48-57(31,32)33)6(46-55(25,26)27)3-42-53(19,20)21/h4-12H,1-3H2,(H,13,14,15)(H,16,17,18)(H,19,20,21)(H,22,23,24)(H,25,26,27)(H,28,29,30)(H,31,32,33)(H,34,35,36)(H,37,38,39)/t4-,5-,6+,7-,8+,9-,10+,11-,12+/m1/s1. The molecule has 1 fully saturated rings. The summed E-state index contributed by atoms with van der Waals surface area (Å²) in [5.41, 5.74) is 0. The van der Waals surface area contributed by atoms with Crippen molar-refractivity contribution in [2.45, 2.75) is 55.1 Å².